The van der Waals surface area contributed by atoms with Gasteiger partial charge in [0.2, 0.25) is 0 Å². The van der Waals surface area contributed by atoms with Gasteiger partial charge < -0.3 is 9.90 Å². The van der Waals surface area contributed by atoms with Crippen molar-refractivity contribution in [1.29, 1.82) is 0 Å². The Morgan fingerprint density at radius 1 is 0.708 bits per heavy atom. The Labute approximate surface area is 194 Å². The smallest absolute Gasteiger partial charge is 0.550 e. The van der Waals surface area contributed by atoms with Crippen LogP contribution < -0.4 is 56.5 Å². The van der Waals surface area contributed by atoms with Crippen LogP contribution in [0.1, 0.15) is 123 Å². The van der Waals surface area contributed by atoms with Crippen molar-refractivity contribution in [3.63, 3.8) is 0 Å². The zero-order valence-corrected chi connectivity index (χ0v) is 20.0. The van der Waals surface area contributed by atoms with Crippen molar-refractivity contribution in [3.8, 4) is 0 Å². The van der Waals surface area contributed by atoms with E-state index >= 15 is 0 Å². The van der Waals surface area contributed by atoms with Gasteiger partial charge in [-0.1, -0.05) is 110 Å². The quantitative estimate of drug-likeness (QED) is 0.277. The Morgan fingerprint density at radius 3 is 1.38 bits per heavy atom. The summed E-state index contributed by atoms with van der Waals surface area (Å²) in [4.78, 5) is 10.3. The van der Waals surface area contributed by atoms with Crippen LogP contribution in [-0.2, 0) is 4.79 Å². The van der Waals surface area contributed by atoms with Crippen LogP contribution in [-0.4, -0.2) is 5.97 Å². The predicted octanol–water partition coefficient (Wildman–Crippen LogP) is 3.03. The number of aliphatic carboxylic acids is 1. The molecule has 0 aliphatic heterocycles. The molecule has 24 heavy (non-hydrogen) atoms. The molecule has 0 aromatic carbocycles. The standard InChI is InChI=1S/C21H42O2.K/c1-3-20(2)18-16-14-12-10-8-6-4-5-7-9-11-13-15-17-19-21(22)23;/h20H,3-19H2,1-2H3,(H,22,23);/q;+1/p-1. The average molecular weight is 365 g/mol. The van der Waals surface area contributed by atoms with Crippen LogP contribution in [0.2, 0.25) is 0 Å². The Balaban J connectivity index is 0. The van der Waals surface area contributed by atoms with Gasteiger partial charge in [-0.05, 0) is 18.8 Å². The molecule has 0 aromatic rings. The van der Waals surface area contributed by atoms with Crippen molar-refractivity contribution in [2.24, 2.45) is 5.92 Å². The van der Waals surface area contributed by atoms with E-state index in [2.05, 4.69) is 13.8 Å². The molecule has 0 bridgehead atoms. The molecule has 0 amide bonds. The third-order valence-corrected chi connectivity index (χ3v) is 5.02. The predicted molar refractivity (Wildman–Crippen MR) is 98.3 cm³/mol. The van der Waals surface area contributed by atoms with Crippen LogP contribution in [0.5, 0.6) is 0 Å². The molecular formula is C21H41KO2. The van der Waals surface area contributed by atoms with Gasteiger partial charge in [0.05, 0.1) is 0 Å². The summed E-state index contributed by atoms with van der Waals surface area (Å²) in [6.07, 6.45) is 21.3. The maximum atomic E-state index is 10.3. The van der Waals surface area contributed by atoms with E-state index < -0.39 is 5.97 Å². The monoisotopic (exact) mass is 364 g/mol. The number of unbranched alkanes of at least 4 members (excludes halogenated alkanes) is 13. The van der Waals surface area contributed by atoms with Crippen molar-refractivity contribution >= 4 is 5.97 Å². The minimum atomic E-state index is -0.902. The molecule has 2 nitrogen and oxygen atoms in total. The second-order valence-corrected chi connectivity index (χ2v) is 7.37. The van der Waals surface area contributed by atoms with Gasteiger partial charge in [0, 0.05) is 5.97 Å². The van der Waals surface area contributed by atoms with Crippen molar-refractivity contribution < 1.29 is 61.3 Å². The molecular weight excluding hydrogens is 323 g/mol. The van der Waals surface area contributed by atoms with E-state index in [4.69, 9.17) is 0 Å². The number of hydrogen-bond acceptors (Lipinski definition) is 2. The molecule has 0 spiro atoms. The molecule has 1 unspecified atom stereocenters. The summed E-state index contributed by atoms with van der Waals surface area (Å²) in [6.45, 7) is 4.66. The molecule has 0 aliphatic rings. The molecule has 0 heterocycles. The average Bonchev–Trinajstić information content (AvgIpc) is 2.53. The molecule has 0 aromatic heterocycles. The second-order valence-electron chi connectivity index (χ2n) is 7.37. The summed E-state index contributed by atoms with van der Waals surface area (Å²) in [5.74, 6) is 0.0182. The first kappa shape index (κ1) is 27.3. The van der Waals surface area contributed by atoms with Crippen molar-refractivity contribution in [2.45, 2.75) is 123 Å². The fourth-order valence-electron chi connectivity index (χ4n) is 3.09. The van der Waals surface area contributed by atoms with E-state index in [-0.39, 0.29) is 57.8 Å². The molecule has 0 fully saturated rings. The number of hydrogen-bond donors (Lipinski definition) is 0. The molecule has 0 N–H and O–H groups in total. The van der Waals surface area contributed by atoms with Crippen molar-refractivity contribution in [2.75, 3.05) is 0 Å². The zero-order chi connectivity index (χ0) is 17.2. The van der Waals surface area contributed by atoms with E-state index in [9.17, 15) is 9.90 Å². The fourth-order valence-corrected chi connectivity index (χ4v) is 3.09. The van der Waals surface area contributed by atoms with Crippen LogP contribution in [0.3, 0.4) is 0 Å². The van der Waals surface area contributed by atoms with Crippen molar-refractivity contribution in [3.05, 3.63) is 0 Å². The summed E-state index contributed by atoms with van der Waals surface area (Å²) in [6, 6.07) is 0. The molecule has 0 aliphatic carbocycles. The minimum absolute atomic E-state index is 0. The molecule has 3 heteroatoms. The third-order valence-electron chi connectivity index (χ3n) is 5.02. The van der Waals surface area contributed by atoms with Crippen LogP contribution in [0.4, 0.5) is 0 Å². The van der Waals surface area contributed by atoms with E-state index in [0.717, 1.165) is 18.8 Å². The number of carboxylic acids is 1. The third kappa shape index (κ3) is 23.1. The Bertz CT molecular complexity index is 256. The number of rotatable bonds is 18. The summed E-state index contributed by atoms with van der Waals surface area (Å²) >= 11 is 0. The van der Waals surface area contributed by atoms with Gasteiger partial charge in [0.1, 0.15) is 0 Å². The largest absolute Gasteiger partial charge is 1.00 e. The molecule has 1 atom stereocenters. The molecule has 0 saturated heterocycles. The van der Waals surface area contributed by atoms with E-state index in [1.165, 1.54) is 89.9 Å². The Kier molecular flexibility index (Phi) is 25.2. The second kappa shape index (κ2) is 22.1. The molecule has 0 saturated carbocycles. The maximum Gasteiger partial charge on any atom is 1.00 e. The normalized spacial score (nSPS) is 11.9. The summed E-state index contributed by atoms with van der Waals surface area (Å²) in [5, 5.41) is 10.3. The summed E-state index contributed by atoms with van der Waals surface area (Å²) in [5.41, 5.74) is 0. The van der Waals surface area contributed by atoms with E-state index in [0.29, 0.717) is 0 Å². The zero-order valence-electron chi connectivity index (χ0n) is 16.9. The van der Waals surface area contributed by atoms with Gasteiger partial charge >= 0.3 is 51.4 Å². The van der Waals surface area contributed by atoms with E-state index in [1.807, 2.05) is 0 Å². The maximum absolute atomic E-state index is 10.3. The van der Waals surface area contributed by atoms with Crippen LogP contribution in [0.15, 0.2) is 0 Å². The first-order chi connectivity index (χ1) is 11.2. The molecule has 0 rings (SSSR count). The topological polar surface area (TPSA) is 40.1 Å². The molecule has 0 radical (unpaired) electrons. The Morgan fingerprint density at radius 2 is 1.04 bits per heavy atom. The van der Waals surface area contributed by atoms with Gasteiger partial charge in [0.25, 0.3) is 0 Å². The first-order valence-corrected chi connectivity index (χ1v) is 10.4. The molecule has 138 valence electrons. The summed E-state index contributed by atoms with van der Waals surface area (Å²) in [7, 11) is 0. The number of carbonyl (C=O) groups excluding carboxylic acids is 1. The van der Waals surface area contributed by atoms with Gasteiger partial charge in [0.15, 0.2) is 0 Å². The Hall–Kier alpha value is 1.11. The minimum Gasteiger partial charge on any atom is -0.550 e. The van der Waals surface area contributed by atoms with Crippen molar-refractivity contribution in [1.82, 2.24) is 0 Å². The van der Waals surface area contributed by atoms with Crippen LogP contribution in [0.25, 0.3) is 0 Å². The van der Waals surface area contributed by atoms with Gasteiger partial charge in [-0.25, -0.2) is 0 Å². The van der Waals surface area contributed by atoms with E-state index in [1.54, 1.807) is 0 Å². The number of carbonyl (C=O) groups is 1. The SMILES string of the molecule is CCC(C)CCCCCCCCCCCCCCCCC(=O)[O-].[K+]. The fraction of sp³-hybridized carbons (Fsp3) is 0.952. The summed E-state index contributed by atoms with van der Waals surface area (Å²) < 4.78 is 0. The van der Waals surface area contributed by atoms with Gasteiger partial charge in [-0.3, -0.25) is 0 Å². The van der Waals surface area contributed by atoms with Crippen LogP contribution in [0, 0.1) is 5.92 Å². The van der Waals surface area contributed by atoms with Crippen LogP contribution >= 0.6 is 0 Å². The first-order valence-electron chi connectivity index (χ1n) is 10.4. The van der Waals surface area contributed by atoms with Gasteiger partial charge in [-0.15, -0.1) is 0 Å². The number of carboxylic acid groups (broad SMARTS) is 1. The van der Waals surface area contributed by atoms with Gasteiger partial charge in [-0.2, -0.15) is 0 Å².